The molecule has 1 saturated carbocycles. The number of nitriles is 1. The molecule has 0 amide bonds. The van der Waals surface area contributed by atoms with E-state index in [1.165, 1.54) is 25.7 Å². The highest BCUT2D eigenvalue weighted by Gasteiger charge is 2.15. The van der Waals surface area contributed by atoms with Gasteiger partial charge in [0.05, 0.1) is 6.61 Å². The van der Waals surface area contributed by atoms with Crippen molar-refractivity contribution in [3.05, 3.63) is 23.9 Å². The van der Waals surface area contributed by atoms with E-state index in [1.807, 2.05) is 6.07 Å². The molecule has 1 aromatic heterocycles. The Bertz CT molecular complexity index is 364. The molecular weight excluding hydrogens is 188 g/mol. The number of hydrogen-bond acceptors (Lipinski definition) is 3. The smallest absolute Gasteiger partial charge is 0.214 e. The topological polar surface area (TPSA) is 45.9 Å². The molecule has 0 spiro atoms. The van der Waals surface area contributed by atoms with Crippen LogP contribution in [0.5, 0.6) is 5.88 Å². The van der Waals surface area contributed by atoms with Crippen LogP contribution in [0.25, 0.3) is 0 Å². The third kappa shape index (κ3) is 2.69. The number of hydrogen-bond donors (Lipinski definition) is 0. The van der Waals surface area contributed by atoms with Gasteiger partial charge in [0.2, 0.25) is 5.88 Å². The average molecular weight is 202 g/mol. The molecule has 1 heterocycles. The molecule has 0 aromatic carbocycles. The lowest BCUT2D eigenvalue weighted by molar-refractivity contribution is 0.243. The first kappa shape index (κ1) is 9.97. The lowest BCUT2D eigenvalue weighted by atomic mass is 10.1. The number of pyridine rings is 1. The minimum Gasteiger partial charge on any atom is -0.477 e. The van der Waals surface area contributed by atoms with E-state index < -0.39 is 0 Å². The quantitative estimate of drug-likeness (QED) is 0.756. The van der Waals surface area contributed by atoms with Gasteiger partial charge in [-0.15, -0.1) is 0 Å². The van der Waals surface area contributed by atoms with Gasteiger partial charge in [-0.05, 0) is 24.8 Å². The summed E-state index contributed by atoms with van der Waals surface area (Å²) in [4.78, 5) is 4.07. The van der Waals surface area contributed by atoms with Gasteiger partial charge in [-0.25, -0.2) is 4.98 Å². The molecule has 2 rings (SSSR count). The summed E-state index contributed by atoms with van der Waals surface area (Å²) in [6, 6.07) is 7.29. The van der Waals surface area contributed by atoms with Crippen molar-refractivity contribution in [1.29, 1.82) is 5.26 Å². The van der Waals surface area contributed by atoms with E-state index in [-0.39, 0.29) is 0 Å². The van der Waals surface area contributed by atoms with Gasteiger partial charge in [0.1, 0.15) is 11.8 Å². The van der Waals surface area contributed by atoms with E-state index >= 15 is 0 Å². The van der Waals surface area contributed by atoms with Crippen LogP contribution in [0.15, 0.2) is 18.2 Å². The van der Waals surface area contributed by atoms with Crippen molar-refractivity contribution >= 4 is 0 Å². The molecule has 1 fully saturated rings. The second kappa shape index (κ2) is 4.79. The zero-order chi connectivity index (χ0) is 10.5. The maximum absolute atomic E-state index is 8.67. The summed E-state index contributed by atoms with van der Waals surface area (Å²) in [6.45, 7) is 0.738. The fourth-order valence-corrected chi connectivity index (χ4v) is 1.94. The highest BCUT2D eigenvalue weighted by atomic mass is 16.5. The van der Waals surface area contributed by atoms with Gasteiger partial charge in [0, 0.05) is 6.07 Å². The van der Waals surface area contributed by atoms with E-state index in [0.29, 0.717) is 17.5 Å². The van der Waals surface area contributed by atoms with Crippen molar-refractivity contribution in [1.82, 2.24) is 4.98 Å². The summed E-state index contributed by atoms with van der Waals surface area (Å²) in [6.07, 6.45) is 5.16. The Labute approximate surface area is 89.7 Å². The van der Waals surface area contributed by atoms with Crippen LogP contribution in [0.3, 0.4) is 0 Å². The van der Waals surface area contributed by atoms with Crippen LogP contribution in [0.1, 0.15) is 31.4 Å². The van der Waals surface area contributed by atoms with Crippen LogP contribution in [0, 0.1) is 17.2 Å². The molecule has 0 radical (unpaired) electrons. The number of aromatic nitrogens is 1. The maximum atomic E-state index is 8.67. The zero-order valence-electron chi connectivity index (χ0n) is 8.65. The van der Waals surface area contributed by atoms with Gasteiger partial charge in [-0.1, -0.05) is 18.9 Å². The lowest BCUT2D eigenvalue weighted by Gasteiger charge is -2.10. The summed E-state index contributed by atoms with van der Waals surface area (Å²) in [5.41, 5.74) is 0.416. The molecule has 1 aliphatic rings. The minimum absolute atomic E-state index is 0.416. The minimum atomic E-state index is 0.416. The fourth-order valence-electron chi connectivity index (χ4n) is 1.94. The number of nitrogens with zero attached hydrogens (tertiary/aromatic N) is 2. The molecule has 3 heteroatoms. The SMILES string of the molecule is N#Cc1cccc(OCC2CCCC2)n1. The summed E-state index contributed by atoms with van der Waals surface area (Å²) in [7, 11) is 0. The standard InChI is InChI=1S/C12H14N2O/c13-8-11-6-3-7-12(14-11)15-9-10-4-1-2-5-10/h3,6-7,10H,1-2,4-5,9H2. The average Bonchev–Trinajstić information content (AvgIpc) is 2.79. The van der Waals surface area contributed by atoms with Crippen molar-refractivity contribution < 1.29 is 4.74 Å². The monoisotopic (exact) mass is 202 g/mol. The molecule has 0 N–H and O–H groups in total. The Morgan fingerprint density at radius 1 is 1.40 bits per heavy atom. The molecule has 15 heavy (non-hydrogen) atoms. The van der Waals surface area contributed by atoms with Gasteiger partial charge in [-0.2, -0.15) is 5.26 Å². The Morgan fingerprint density at radius 3 is 2.93 bits per heavy atom. The predicted octanol–water partition coefficient (Wildman–Crippen LogP) is 2.52. The van der Waals surface area contributed by atoms with Crippen molar-refractivity contribution in [2.45, 2.75) is 25.7 Å². The van der Waals surface area contributed by atoms with Crippen LogP contribution in [-0.4, -0.2) is 11.6 Å². The Hall–Kier alpha value is -1.56. The Kier molecular flexibility index (Phi) is 3.18. The van der Waals surface area contributed by atoms with Crippen molar-refractivity contribution in [3.8, 4) is 11.9 Å². The van der Waals surface area contributed by atoms with Crippen LogP contribution in [0.4, 0.5) is 0 Å². The molecule has 78 valence electrons. The first-order chi connectivity index (χ1) is 7.38. The summed E-state index contributed by atoms with van der Waals surface area (Å²) in [5, 5.41) is 8.67. The van der Waals surface area contributed by atoms with E-state index in [2.05, 4.69) is 4.98 Å². The van der Waals surface area contributed by atoms with E-state index in [0.717, 1.165) is 6.61 Å². The van der Waals surface area contributed by atoms with Crippen molar-refractivity contribution in [2.75, 3.05) is 6.61 Å². The molecule has 0 saturated heterocycles. The molecule has 0 aliphatic heterocycles. The fraction of sp³-hybridized carbons (Fsp3) is 0.500. The molecule has 0 unspecified atom stereocenters. The Balaban J connectivity index is 1.90. The van der Waals surface area contributed by atoms with Gasteiger partial charge in [0.15, 0.2) is 0 Å². The number of ether oxygens (including phenoxy) is 1. The van der Waals surface area contributed by atoms with Gasteiger partial charge >= 0.3 is 0 Å². The normalized spacial score (nSPS) is 16.2. The zero-order valence-corrected chi connectivity index (χ0v) is 8.65. The second-order valence-corrected chi connectivity index (χ2v) is 3.93. The van der Waals surface area contributed by atoms with Gasteiger partial charge in [0.25, 0.3) is 0 Å². The van der Waals surface area contributed by atoms with Crippen molar-refractivity contribution in [3.63, 3.8) is 0 Å². The van der Waals surface area contributed by atoms with Gasteiger partial charge in [-0.3, -0.25) is 0 Å². The molecule has 0 atom stereocenters. The third-order valence-electron chi connectivity index (χ3n) is 2.78. The van der Waals surface area contributed by atoms with Crippen LogP contribution >= 0.6 is 0 Å². The summed E-state index contributed by atoms with van der Waals surface area (Å²) in [5.74, 6) is 1.25. The molecule has 3 nitrogen and oxygen atoms in total. The Morgan fingerprint density at radius 2 is 2.20 bits per heavy atom. The summed E-state index contributed by atoms with van der Waals surface area (Å²) >= 11 is 0. The highest BCUT2D eigenvalue weighted by Crippen LogP contribution is 2.25. The van der Waals surface area contributed by atoms with Crippen LogP contribution in [-0.2, 0) is 0 Å². The first-order valence-corrected chi connectivity index (χ1v) is 5.38. The second-order valence-electron chi connectivity index (χ2n) is 3.93. The molecule has 1 aromatic rings. The third-order valence-corrected chi connectivity index (χ3v) is 2.78. The number of rotatable bonds is 3. The van der Waals surface area contributed by atoms with E-state index in [4.69, 9.17) is 10.00 Å². The lowest BCUT2D eigenvalue weighted by Crippen LogP contribution is -2.08. The van der Waals surface area contributed by atoms with E-state index in [9.17, 15) is 0 Å². The van der Waals surface area contributed by atoms with Crippen LogP contribution in [0.2, 0.25) is 0 Å². The molecule has 0 bridgehead atoms. The highest BCUT2D eigenvalue weighted by molar-refractivity contribution is 5.24. The van der Waals surface area contributed by atoms with Gasteiger partial charge < -0.3 is 4.74 Å². The summed E-state index contributed by atoms with van der Waals surface area (Å²) < 4.78 is 5.57. The van der Waals surface area contributed by atoms with Crippen molar-refractivity contribution in [2.24, 2.45) is 5.92 Å². The predicted molar refractivity (Wildman–Crippen MR) is 56.4 cm³/mol. The molecule has 1 aliphatic carbocycles. The maximum Gasteiger partial charge on any atom is 0.214 e. The van der Waals surface area contributed by atoms with E-state index in [1.54, 1.807) is 18.2 Å². The largest absolute Gasteiger partial charge is 0.477 e. The first-order valence-electron chi connectivity index (χ1n) is 5.38. The van der Waals surface area contributed by atoms with Crippen LogP contribution < -0.4 is 4.74 Å². The molecular formula is C12H14N2O.